The molecule has 0 fully saturated rings. The third-order valence-corrected chi connectivity index (χ3v) is 5.44. The highest BCUT2D eigenvalue weighted by molar-refractivity contribution is 6.11. The molecule has 0 amide bonds. The minimum absolute atomic E-state index is 0.0525. The van der Waals surface area contributed by atoms with Gasteiger partial charge in [-0.25, -0.2) is 0 Å². The summed E-state index contributed by atoms with van der Waals surface area (Å²) in [7, 11) is 0. The maximum atomic E-state index is 12.6. The molecule has 9 heteroatoms. The molecule has 31 heavy (non-hydrogen) atoms. The van der Waals surface area contributed by atoms with Crippen LogP contribution in [0, 0.1) is 0 Å². The minimum Gasteiger partial charge on any atom is -0.508 e. The van der Waals surface area contributed by atoms with Crippen LogP contribution in [-0.4, -0.2) is 25.5 Å². The lowest BCUT2D eigenvalue weighted by Gasteiger charge is -2.27. The summed E-state index contributed by atoms with van der Waals surface area (Å²) in [5.41, 5.74) is -0.0539. The molecule has 3 heterocycles. The predicted octanol–water partition coefficient (Wildman–Crippen LogP) is 1.83. The lowest BCUT2D eigenvalue weighted by molar-refractivity contribution is 0.191. The highest BCUT2D eigenvalue weighted by Crippen LogP contribution is 2.40. The molecule has 1 aliphatic heterocycles. The van der Waals surface area contributed by atoms with Crippen LogP contribution in [0.15, 0.2) is 49.7 Å². The molecule has 1 atom stereocenters. The van der Waals surface area contributed by atoms with Gasteiger partial charge < -0.3 is 39.1 Å². The van der Waals surface area contributed by atoms with Crippen LogP contribution >= 0.6 is 0 Å². The first-order valence-corrected chi connectivity index (χ1v) is 9.13. The van der Waals surface area contributed by atoms with Crippen molar-refractivity contribution in [3.8, 4) is 23.2 Å². The van der Waals surface area contributed by atoms with E-state index in [1.54, 1.807) is 0 Å². The second-order valence-electron chi connectivity index (χ2n) is 7.27. The van der Waals surface area contributed by atoms with Crippen molar-refractivity contribution in [2.45, 2.75) is 6.10 Å². The average molecular weight is 420 g/mol. The highest BCUT2D eigenvalue weighted by Gasteiger charge is 2.33. The summed E-state index contributed by atoms with van der Waals surface area (Å²) < 4.78 is 17.4. The Morgan fingerprint density at radius 2 is 1.68 bits per heavy atom. The van der Waals surface area contributed by atoms with Gasteiger partial charge in [0.05, 0.1) is 10.9 Å². The van der Waals surface area contributed by atoms with E-state index in [1.165, 1.54) is 30.4 Å². The molecule has 2 aliphatic rings. The van der Waals surface area contributed by atoms with Crippen molar-refractivity contribution < 1.29 is 39.1 Å². The lowest BCUT2D eigenvalue weighted by atomic mass is 9.94. The standard InChI is InChI=1S/C22H12O9/c23-8-4-13-16-14(5-8)30-20-15-9(6-12(26)18(20)27)22(28)31-21(17(15)16)19(29-13)7-1-2-10(24)11(25)3-7/h1-6,13,23-26,28H. The quantitative estimate of drug-likeness (QED) is 0.290. The zero-order valence-electron chi connectivity index (χ0n) is 15.4. The van der Waals surface area contributed by atoms with Gasteiger partial charge in [-0.2, -0.15) is 0 Å². The third kappa shape index (κ3) is 2.17. The van der Waals surface area contributed by atoms with Gasteiger partial charge in [0.1, 0.15) is 11.2 Å². The summed E-state index contributed by atoms with van der Waals surface area (Å²) in [5.74, 6) is -2.03. The lowest BCUT2D eigenvalue weighted by Crippen LogP contribution is -2.29. The van der Waals surface area contributed by atoms with Crippen molar-refractivity contribution >= 4 is 33.6 Å². The number of aliphatic hydroxyl groups excluding tert-OH is 1. The number of ether oxygens (including phenoxy) is 1. The van der Waals surface area contributed by atoms with Gasteiger partial charge >= 0.3 is 0 Å². The number of phenolic OH excluding ortho intramolecular Hbond substituents is 3. The van der Waals surface area contributed by atoms with Gasteiger partial charge in [-0.3, -0.25) is 4.79 Å². The van der Waals surface area contributed by atoms with Crippen LogP contribution in [-0.2, 0) is 4.74 Å². The summed E-state index contributed by atoms with van der Waals surface area (Å²) in [6.45, 7) is 0. The fourth-order valence-corrected chi connectivity index (χ4v) is 4.11. The van der Waals surface area contributed by atoms with Gasteiger partial charge in [-0.1, -0.05) is 0 Å². The maximum Gasteiger partial charge on any atom is 0.290 e. The molecule has 0 saturated heterocycles. The molecule has 0 radical (unpaired) electrons. The molecule has 6 rings (SSSR count). The number of aliphatic hydroxyl groups is 1. The van der Waals surface area contributed by atoms with Crippen LogP contribution in [0.4, 0.5) is 0 Å². The second kappa shape index (κ2) is 5.54. The van der Waals surface area contributed by atoms with E-state index in [0.29, 0.717) is 16.5 Å². The number of aromatic hydroxyl groups is 4. The van der Waals surface area contributed by atoms with Crippen molar-refractivity contribution in [2.75, 3.05) is 0 Å². The topological polar surface area (TPSA) is 154 Å². The zero-order chi connectivity index (χ0) is 21.6. The van der Waals surface area contributed by atoms with E-state index in [4.69, 9.17) is 13.6 Å². The average Bonchev–Trinajstić information content (AvgIpc) is 2.73. The zero-order valence-corrected chi connectivity index (χ0v) is 15.4. The van der Waals surface area contributed by atoms with Crippen molar-refractivity contribution in [1.82, 2.24) is 0 Å². The number of hydrogen-bond donors (Lipinski definition) is 5. The van der Waals surface area contributed by atoms with E-state index < -0.39 is 29.0 Å². The van der Waals surface area contributed by atoms with Crippen LogP contribution in [0.3, 0.4) is 0 Å². The number of rotatable bonds is 1. The Hall–Kier alpha value is -4.53. The Balaban J connectivity index is 1.92. The molecular weight excluding hydrogens is 408 g/mol. The molecule has 1 unspecified atom stereocenters. The minimum atomic E-state index is -0.835. The molecule has 0 bridgehead atoms. The van der Waals surface area contributed by atoms with Gasteiger partial charge in [-0.15, -0.1) is 0 Å². The van der Waals surface area contributed by atoms with Gasteiger partial charge in [0.2, 0.25) is 0 Å². The molecule has 4 aromatic rings. The van der Waals surface area contributed by atoms with Crippen molar-refractivity contribution in [3.63, 3.8) is 0 Å². The SMILES string of the molecule is O=c1c(O)cc2c(O)oc3c4c5c(oc1c24)=CC(O)=CC5OC=3c1ccc(O)c(O)c1. The van der Waals surface area contributed by atoms with E-state index in [2.05, 4.69) is 0 Å². The summed E-state index contributed by atoms with van der Waals surface area (Å²) in [6.07, 6.45) is 1.90. The van der Waals surface area contributed by atoms with E-state index >= 15 is 0 Å². The van der Waals surface area contributed by atoms with Gasteiger partial charge in [0.25, 0.3) is 11.4 Å². The van der Waals surface area contributed by atoms with Crippen LogP contribution < -0.4 is 16.3 Å². The molecular formula is C22H12O9. The van der Waals surface area contributed by atoms with Crippen molar-refractivity contribution in [1.29, 1.82) is 0 Å². The Bertz CT molecular complexity index is 1680. The van der Waals surface area contributed by atoms with E-state index in [9.17, 15) is 30.3 Å². The van der Waals surface area contributed by atoms with Crippen LogP contribution in [0.2, 0.25) is 0 Å². The van der Waals surface area contributed by atoms with Crippen molar-refractivity contribution in [2.24, 2.45) is 0 Å². The summed E-state index contributed by atoms with van der Waals surface area (Å²) in [4.78, 5) is 12.6. The van der Waals surface area contributed by atoms with Crippen LogP contribution in [0.25, 0.3) is 33.6 Å². The molecule has 2 aromatic heterocycles. The molecule has 2 aromatic carbocycles. The van der Waals surface area contributed by atoms with Crippen LogP contribution in [0.5, 0.6) is 23.2 Å². The summed E-state index contributed by atoms with van der Waals surface area (Å²) in [5, 5.41) is 51.0. The fourth-order valence-electron chi connectivity index (χ4n) is 4.11. The molecule has 1 aliphatic carbocycles. The number of benzene rings is 2. The van der Waals surface area contributed by atoms with Gasteiger partial charge in [0, 0.05) is 28.5 Å². The number of allylic oxidation sites excluding steroid dienone is 1. The molecule has 9 nitrogen and oxygen atoms in total. The predicted molar refractivity (Wildman–Crippen MR) is 106 cm³/mol. The van der Waals surface area contributed by atoms with Crippen molar-refractivity contribution in [3.05, 3.63) is 68.3 Å². The molecule has 0 saturated carbocycles. The van der Waals surface area contributed by atoms with E-state index in [1.807, 2.05) is 0 Å². The Labute approximate surface area is 170 Å². The van der Waals surface area contributed by atoms with Gasteiger partial charge in [-0.05, 0) is 24.3 Å². The first kappa shape index (κ1) is 17.3. The molecule has 5 N–H and O–H groups in total. The summed E-state index contributed by atoms with van der Waals surface area (Å²) >= 11 is 0. The highest BCUT2D eigenvalue weighted by atomic mass is 16.5. The van der Waals surface area contributed by atoms with Gasteiger partial charge in [0.15, 0.2) is 40.1 Å². The Morgan fingerprint density at radius 1 is 0.871 bits per heavy atom. The summed E-state index contributed by atoms with van der Waals surface area (Å²) in [6, 6.07) is 5.07. The fraction of sp³-hybridized carbons (Fsp3) is 0.0455. The molecule has 0 spiro atoms. The number of hydrogen-bond acceptors (Lipinski definition) is 9. The maximum absolute atomic E-state index is 12.6. The van der Waals surface area contributed by atoms with E-state index in [-0.39, 0.29) is 44.5 Å². The Morgan fingerprint density at radius 3 is 2.45 bits per heavy atom. The normalized spacial score (nSPS) is 16.8. The monoisotopic (exact) mass is 420 g/mol. The van der Waals surface area contributed by atoms with E-state index in [0.717, 1.165) is 6.07 Å². The largest absolute Gasteiger partial charge is 0.508 e. The third-order valence-electron chi connectivity index (χ3n) is 5.44. The first-order chi connectivity index (χ1) is 14.8. The molecule has 154 valence electrons. The second-order valence-corrected chi connectivity index (χ2v) is 7.27. The Kier molecular flexibility index (Phi) is 3.10. The first-order valence-electron chi connectivity index (χ1n) is 9.13. The smallest absolute Gasteiger partial charge is 0.290 e. The van der Waals surface area contributed by atoms with Crippen LogP contribution in [0.1, 0.15) is 17.2 Å². The number of phenols is 3.